The molecule has 1 aliphatic heterocycles. The van der Waals surface area contributed by atoms with Gasteiger partial charge in [-0.1, -0.05) is 12.1 Å². The zero-order chi connectivity index (χ0) is 24.9. The second-order valence-corrected chi connectivity index (χ2v) is 9.57. The van der Waals surface area contributed by atoms with E-state index in [0.717, 1.165) is 45.2 Å². The average molecular weight is 481 g/mol. The highest BCUT2D eigenvalue weighted by atomic mass is 16.6. The summed E-state index contributed by atoms with van der Waals surface area (Å²) >= 11 is 0. The van der Waals surface area contributed by atoms with Crippen molar-refractivity contribution in [3.63, 3.8) is 0 Å². The van der Waals surface area contributed by atoms with Crippen LogP contribution in [0.3, 0.4) is 0 Å². The van der Waals surface area contributed by atoms with E-state index < -0.39 is 0 Å². The van der Waals surface area contributed by atoms with Crippen molar-refractivity contribution in [2.45, 2.75) is 50.5 Å². The molecule has 1 heterocycles. The number of likely N-dealkylation sites (tertiary alicyclic amines) is 1. The number of carbonyl (C=O) groups excluding carboxylic acids is 2. The monoisotopic (exact) mass is 480 g/mol. The van der Waals surface area contributed by atoms with E-state index in [4.69, 9.17) is 14.2 Å². The zero-order valence-electron chi connectivity index (χ0n) is 21.2. The van der Waals surface area contributed by atoms with Crippen LogP contribution < -0.4 is 14.2 Å². The molecule has 1 fully saturated rings. The van der Waals surface area contributed by atoms with E-state index in [1.807, 2.05) is 12.1 Å². The van der Waals surface area contributed by atoms with E-state index in [1.165, 1.54) is 16.0 Å². The number of amides is 1. The number of benzene rings is 2. The third kappa shape index (κ3) is 5.45. The largest absolute Gasteiger partial charge is 0.493 e. The first-order valence-corrected chi connectivity index (χ1v) is 12.4. The van der Waals surface area contributed by atoms with Gasteiger partial charge in [-0.25, -0.2) is 4.79 Å². The number of ketones is 1. The summed E-state index contributed by atoms with van der Waals surface area (Å²) in [6.45, 7) is 2.07. The molecule has 2 aromatic rings. The molecule has 7 nitrogen and oxygen atoms in total. The predicted octanol–water partition coefficient (Wildman–Crippen LogP) is 4.92. The minimum absolute atomic E-state index is 0.136. The van der Waals surface area contributed by atoms with Crippen molar-refractivity contribution in [1.82, 2.24) is 9.80 Å². The summed E-state index contributed by atoms with van der Waals surface area (Å²) in [5.74, 6) is 2.52. The minimum Gasteiger partial charge on any atom is -0.493 e. The fraction of sp³-hybridized carbons (Fsp3) is 0.500. The van der Waals surface area contributed by atoms with Gasteiger partial charge in [0.05, 0.1) is 14.2 Å². The van der Waals surface area contributed by atoms with Gasteiger partial charge in [0.15, 0.2) is 17.3 Å². The number of Topliss-reactive ketones (excluding diaryl/α,β-unsaturated/α-hetero) is 1. The fourth-order valence-corrected chi connectivity index (χ4v) is 5.47. The van der Waals surface area contributed by atoms with Crippen LogP contribution in [0.2, 0.25) is 0 Å². The van der Waals surface area contributed by atoms with E-state index >= 15 is 0 Å². The quantitative estimate of drug-likeness (QED) is 0.375. The Bertz CT molecular complexity index is 1070. The Hall–Kier alpha value is -3.06. The van der Waals surface area contributed by atoms with Crippen LogP contribution in [0.25, 0.3) is 0 Å². The van der Waals surface area contributed by atoms with Gasteiger partial charge in [-0.15, -0.1) is 0 Å². The van der Waals surface area contributed by atoms with Crippen LogP contribution in [0.1, 0.15) is 59.5 Å². The molecule has 2 unspecified atom stereocenters. The Kier molecular flexibility index (Phi) is 7.96. The maximum Gasteiger partial charge on any atom is 0.414 e. The van der Waals surface area contributed by atoms with Crippen molar-refractivity contribution >= 4 is 11.9 Å². The molecule has 2 atom stereocenters. The van der Waals surface area contributed by atoms with Crippen LogP contribution in [-0.2, 0) is 6.42 Å². The number of fused-ring (bicyclic) bond motifs is 3. The first-order chi connectivity index (χ1) is 16.9. The van der Waals surface area contributed by atoms with Crippen molar-refractivity contribution in [3.8, 4) is 17.2 Å². The number of unbranched alkanes of at least 4 members (excludes halogenated alkanes) is 1. The highest BCUT2D eigenvalue weighted by Crippen LogP contribution is 2.44. The van der Waals surface area contributed by atoms with E-state index in [-0.39, 0.29) is 11.9 Å². The van der Waals surface area contributed by atoms with Gasteiger partial charge < -0.3 is 19.1 Å². The number of methoxy groups -OCH3 is 2. The summed E-state index contributed by atoms with van der Waals surface area (Å²) in [5.41, 5.74) is 3.18. The Morgan fingerprint density at radius 1 is 1.00 bits per heavy atom. The van der Waals surface area contributed by atoms with Gasteiger partial charge in [0.25, 0.3) is 0 Å². The molecule has 4 rings (SSSR count). The maximum atomic E-state index is 12.7. The third-order valence-electron chi connectivity index (χ3n) is 7.29. The summed E-state index contributed by atoms with van der Waals surface area (Å²) in [6, 6.07) is 12.0. The minimum atomic E-state index is -0.337. The van der Waals surface area contributed by atoms with Gasteiger partial charge >= 0.3 is 6.09 Å². The molecule has 0 spiro atoms. The number of hydrogen-bond acceptors (Lipinski definition) is 6. The van der Waals surface area contributed by atoms with Gasteiger partial charge in [-0.05, 0) is 80.6 Å². The molecule has 2 aliphatic rings. The number of ether oxygens (including phenoxy) is 3. The van der Waals surface area contributed by atoms with Crippen molar-refractivity contribution < 1.29 is 23.8 Å². The molecule has 0 radical (unpaired) electrons. The molecular weight excluding hydrogens is 444 g/mol. The summed E-state index contributed by atoms with van der Waals surface area (Å²) < 4.78 is 16.2. The van der Waals surface area contributed by atoms with Gasteiger partial charge in [0, 0.05) is 38.0 Å². The van der Waals surface area contributed by atoms with Crippen molar-refractivity contribution in [2.24, 2.45) is 0 Å². The summed E-state index contributed by atoms with van der Waals surface area (Å²) in [6.07, 6.45) is 5.16. The lowest BCUT2D eigenvalue weighted by Crippen LogP contribution is -2.36. The lowest BCUT2D eigenvalue weighted by Gasteiger charge is -2.34. The van der Waals surface area contributed by atoms with Crippen LogP contribution in [-0.4, -0.2) is 69.1 Å². The van der Waals surface area contributed by atoms with E-state index in [2.05, 4.69) is 11.0 Å². The molecule has 2 aromatic carbocycles. The van der Waals surface area contributed by atoms with Crippen LogP contribution in [0.15, 0.2) is 36.4 Å². The van der Waals surface area contributed by atoms with E-state index in [0.29, 0.717) is 41.2 Å². The topological polar surface area (TPSA) is 68.3 Å². The molecule has 1 amide bonds. The number of carbonyl (C=O) groups is 2. The van der Waals surface area contributed by atoms with Gasteiger partial charge in [0.2, 0.25) is 0 Å². The molecule has 35 heavy (non-hydrogen) atoms. The number of rotatable bonds is 9. The van der Waals surface area contributed by atoms with Gasteiger partial charge in [-0.2, -0.15) is 0 Å². The summed E-state index contributed by atoms with van der Waals surface area (Å²) in [4.78, 5) is 28.8. The zero-order valence-corrected chi connectivity index (χ0v) is 21.2. The number of nitrogens with zero attached hydrogens (tertiary/aromatic N) is 2. The van der Waals surface area contributed by atoms with Crippen molar-refractivity contribution in [3.05, 3.63) is 53.1 Å². The Morgan fingerprint density at radius 2 is 1.80 bits per heavy atom. The van der Waals surface area contributed by atoms with Crippen LogP contribution >= 0.6 is 0 Å². The molecule has 0 bridgehead atoms. The van der Waals surface area contributed by atoms with Crippen LogP contribution in [0, 0.1) is 0 Å². The average Bonchev–Trinajstić information content (AvgIpc) is 3.29. The van der Waals surface area contributed by atoms with Crippen molar-refractivity contribution in [1.29, 1.82) is 0 Å². The summed E-state index contributed by atoms with van der Waals surface area (Å²) in [5, 5.41) is 0. The van der Waals surface area contributed by atoms with Crippen LogP contribution in [0.4, 0.5) is 4.79 Å². The molecule has 188 valence electrons. The van der Waals surface area contributed by atoms with Gasteiger partial charge in [0.1, 0.15) is 5.75 Å². The van der Waals surface area contributed by atoms with E-state index in [1.54, 1.807) is 46.5 Å². The second kappa shape index (κ2) is 11.1. The third-order valence-corrected chi connectivity index (χ3v) is 7.29. The first-order valence-electron chi connectivity index (χ1n) is 12.4. The SMILES string of the molecule is COc1ccc(C(=O)CCCCN2CCC3c4cccc(OC(=O)N(C)C)c4CCC32)cc1OC. The number of hydrogen-bond donors (Lipinski definition) is 0. The first kappa shape index (κ1) is 25.0. The molecule has 1 aliphatic carbocycles. The molecular formula is C28H36N2O5. The van der Waals surface area contributed by atoms with Crippen LogP contribution in [0.5, 0.6) is 17.2 Å². The standard InChI is InChI=1S/C28H36N2O5/c1-29(2)28(32)35-25-10-7-8-20-21-15-17-30(23(21)13-12-22(20)25)16-6-5-9-24(31)19-11-14-26(33-3)27(18-19)34-4/h7-8,10-11,14,18,21,23H,5-6,9,12-13,15-17H2,1-4H3. The Morgan fingerprint density at radius 3 is 2.54 bits per heavy atom. The molecule has 0 aromatic heterocycles. The predicted molar refractivity (Wildman–Crippen MR) is 135 cm³/mol. The molecule has 0 N–H and O–H groups in total. The van der Waals surface area contributed by atoms with E-state index in [9.17, 15) is 9.59 Å². The lowest BCUT2D eigenvalue weighted by molar-refractivity contribution is 0.0977. The molecule has 1 saturated heterocycles. The second-order valence-electron chi connectivity index (χ2n) is 9.57. The Labute approximate surface area is 207 Å². The van der Waals surface area contributed by atoms with Crippen molar-refractivity contribution in [2.75, 3.05) is 41.4 Å². The highest BCUT2D eigenvalue weighted by molar-refractivity contribution is 5.96. The summed E-state index contributed by atoms with van der Waals surface area (Å²) in [7, 11) is 6.57. The Balaban J connectivity index is 1.30. The lowest BCUT2D eigenvalue weighted by atomic mass is 9.79. The highest BCUT2D eigenvalue weighted by Gasteiger charge is 2.39. The molecule has 7 heteroatoms. The smallest absolute Gasteiger partial charge is 0.414 e. The molecule has 0 saturated carbocycles. The normalized spacial score (nSPS) is 19.0. The van der Waals surface area contributed by atoms with Gasteiger partial charge in [-0.3, -0.25) is 9.69 Å². The maximum absolute atomic E-state index is 12.7. The fourth-order valence-electron chi connectivity index (χ4n) is 5.47.